The van der Waals surface area contributed by atoms with Crippen LogP contribution < -0.4 is 15.0 Å². The van der Waals surface area contributed by atoms with Crippen molar-refractivity contribution >= 4 is 35.0 Å². The van der Waals surface area contributed by atoms with Gasteiger partial charge >= 0.3 is 18.4 Å². The number of rotatable bonds is 10. The minimum Gasteiger partial charge on any atom is -0.481 e. The van der Waals surface area contributed by atoms with E-state index in [9.17, 15) is 22.8 Å². The fourth-order valence-electron chi connectivity index (χ4n) is 4.51. The number of halogens is 3. The second-order valence-corrected chi connectivity index (χ2v) is 9.69. The zero-order chi connectivity index (χ0) is 29.2. The Morgan fingerprint density at radius 1 is 0.951 bits per heavy atom. The number of hydrogen-bond donors (Lipinski definition) is 2. The number of nitrogens with zero attached hydrogens (tertiary/aromatic N) is 1. The summed E-state index contributed by atoms with van der Waals surface area (Å²) in [5, 5.41) is 11.5. The Bertz CT molecular complexity index is 1380. The van der Waals surface area contributed by atoms with E-state index in [1.54, 1.807) is 11.0 Å². The summed E-state index contributed by atoms with van der Waals surface area (Å²) in [7, 11) is 0. The highest BCUT2D eigenvalue weighted by Crippen LogP contribution is 2.29. The van der Waals surface area contributed by atoms with Crippen LogP contribution in [-0.4, -0.2) is 23.5 Å². The van der Waals surface area contributed by atoms with Gasteiger partial charge in [0.1, 0.15) is 5.75 Å². The number of alkyl halides is 3. The first-order chi connectivity index (χ1) is 19.7. The van der Waals surface area contributed by atoms with Crippen molar-refractivity contribution in [3.63, 3.8) is 0 Å². The maximum absolute atomic E-state index is 13.4. The van der Waals surface area contributed by atoms with Gasteiger partial charge in [0.25, 0.3) is 0 Å². The lowest BCUT2D eigenvalue weighted by atomic mass is 9.93. The zero-order valence-corrected chi connectivity index (χ0v) is 22.4. The number of benzene rings is 3. The Morgan fingerprint density at radius 2 is 1.66 bits per heavy atom. The van der Waals surface area contributed by atoms with Crippen LogP contribution in [0.5, 0.6) is 5.75 Å². The Morgan fingerprint density at radius 3 is 2.27 bits per heavy atom. The molecule has 0 atom stereocenters. The number of hydrogen-bond acceptors (Lipinski definition) is 3. The van der Waals surface area contributed by atoms with Crippen LogP contribution >= 0.6 is 0 Å². The van der Waals surface area contributed by atoms with Crippen molar-refractivity contribution < 1.29 is 32.6 Å². The third kappa shape index (κ3) is 9.27. The maximum Gasteiger partial charge on any atom is 0.573 e. The second-order valence-electron chi connectivity index (χ2n) is 9.69. The van der Waals surface area contributed by atoms with Gasteiger partial charge in [-0.25, -0.2) is 4.79 Å². The minimum atomic E-state index is -4.80. The predicted molar refractivity (Wildman–Crippen MR) is 154 cm³/mol. The first kappa shape index (κ1) is 29.5. The molecular formula is C32H31F3N2O4. The van der Waals surface area contributed by atoms with E-state index in [0.717, 1.165) is 48.1 Å². The maximum atomic E-state index is 13.4. The van der Waals surface area contributed by atoms with Crippen molar-refractivity contribution in [2.24, 2.45) is 0 Å². The van der Waals surface area contributed by atoms with E-state index in [4.69, 9.17) is 5.11 Å². The van der Waals surface area contributed by atoms with E-state index in [0.29, 0.717) is 17.8 Å². The molecule has 0 fully saturated rings. The average Bonchev–Trinajstić information content (AvgIpc) is 2.95. The molecule has 3 aromatic rings. The Hall–Kier alpha value is -4.53. The number of anilines is 2. The van der Waals surface area contributed by atoms with Gasteiger partial charge in [-0.1, -0.05) is 54.6 Å². The molecule has 0 unspecified atom stereocenters. The van der Waals surface area contributed by atoms with Crippen molar-refractivity contribution in [2.75, 3.05) is 10.2 Å². The zero-order valence-electron chi connectivity index (χ0n) is 22.4. The molecule has 2 amide bonds. The molecule has 0 bridgehead atoms. The first-order valence-electron chi connectivity index (χ1n) is 13.4. The van der Waals surface area contributed by atoms with Gasteiger partial charge in [0.2, 0.25) is 0 Å². The Kier molecular flexibility index (Phi) is 9.84. The number of ether oxygens (including phenoxy) is 1. The average molecular weight is 565 g/mol. The quantitative estimate of drug-likeness (QED) is 0.258. The Balaban J connectivity index is 1.51. The van der Waals surface area contributed by atoms with E-state index < -0.39 is 18.4 Å². The van der Waals surface area contributed by atoms with E-state index >= 15 is 0 Å². The monoisotopic (exact) mass is 564 g/mol. The van der Waals surface area contributed by atoms with Crippen molar-refractivity contribution in [3.8, 4) is 5.75 Å². The largest absolute Gasteiger partial charge is 0.573 e. The van der Waals surface area contributed by atoms with E-state index in [1.807, 2.05) is 54.6 Å². The lowest BCUT2D eigenvalue weighted by molar-refractivity contribution is -0.274. The van der Waals surface area contributed by atoms with Gasteiger partial charge in [0.05, 0.1) is 6.54 Å². The van der Waals surface area contributed by atoms with Gasteiger partial charge in [0.15, 0.2) is 0 Å². The molecule has 6 nitrogen and oxygen atoms in total. The molecule has 0 radical (unpaired) electrons. The van der Waals surface area contributed by atoms with Crippen LogP contribution in [0.15, 0.2) is 84.9 Å². The number of carboxylic acid groups (broad SMARTS) is 1. The fraction of sp³-hybridized carbons (Fsp3) is 0.250. The summed E-state index contributed by atoms with van der Waals surface area (Å²) in [5.74, 6) is -1.23. The Labute approximate surface area is 236 Å². The molecular weight excluding hydrogens is 533 g/mol. The molecule has 0 spiro atoms. The summed E-state index contributed by atoms with van der Waals surface area (Å²) in [5.41, 5.74) is 5.16. The molecule has 214 valence electrons. The second kappa shape index (κ2) is 13.7. The summed E-state index contributed by atoms with van der Waals surface area (Å²) in [6.45, 7) is 0.242. The highest BCUT2D eigenvalue weighted by atomic mass is 19.4. The fourth-order valence-corrected chi connectivity index (χ4v) is 4.51. The summed E-state index contributed by atoms with van der Waals surface area (Å²) in [6.07, 6.45) is 6.03. The van der Waals surface area contributed by atoms with Crippen LogP contribution in [0.25, 0.3) is 11.6 Å². The number of carbonyl (C=O) groups is 2. The van der Waals surface area contributed by atoms with Crippen molar-refractivity contribution in [2.45, 2.75) is 51.4 Å². The lowest BCUT2D eigenvalue weighted by Gasteiger charge is -2.24. The van der Waals surface area contributed by atoms with Gasteiger partial charge in [-0.05, 0) is 90.8 Å². The summed E-state index contributed by atoms with van der Waals surface area (Å²) < 4.78 is 41.4. The number of urea groups is 1. The summed E-state index contributed by atoms with van der Waals surface area (Å²) >= 11 is 0. The van der Waals surface area contributed by atoms with Gasteiger partial charge in [-0.2, -0.15) is 0 Å². The molecule has 0 saturated heterocycles. The van der Waals surface area contributed by atoms with E-state index in [-0.39, 0.29) is 18.7 Å². The summed E-state index contributed by atoms with van der Waals surface area (Å²) in [4.78, 5) is 25.7. The number of allylic oxidation sites excluding steroid dienone is 3. The molecule has 0 saturated carbocycles. The third-order valence-corrected chi connectivity index (χ3v) is 6.58. The SMILES string of the molecule is O=C(O)CC/C=C/c1ccc(CN(C(=O)Nc2ccc(OC(F)(F)F)cc2)c2ccc(C3=CCCCC3)cc2)cc1. The van der Waals surface area contributed by atoms with Crippen molar-refractivity contribution in [3.05, 3.63) is 102 Å². The van der Waals surface area contributed by atoms with Crippen LogP contribution in [0.1, 0.15) is 55.2 Å². The highest BCUT2D eigenvalue weighted by molar-refractivity contribution is 6.01. The normalized spacial score (nSPS) is 13.5. The van der Waals surface area contributed by atoms with Crippen LogP contribution in [-0.2, 0) is 11.3 Å². The smallest absolute Gasteiger partial charge is 0.481 e. The van der Waals surface area contributed by atoms with Crippen LogP contribution in [0, 0.1) is 0 Å². The number of carboxylic acids is 1. The molecule has 1 aliphatic rings. The van der Waals surface area contributed by atoms with E-state index in [2.05, 4.69) is 16.1 Å². The van der Waals surface area contributed by atoms with Crippen molar-refractivity contribution in [1.82, 2.24) is 0 Å². The van der Waals surface area contributed by atoms with Crippen LogP contribution in [0.2, 0.25) is 0 Å². The van der Waals surface area contributed by atoms with E-state index in [1.165, 1.54) is 24.1 Å². The van der Waals surface area contributed by atoms with Crippen molar-refractivity contribution in [1.29, 1.82) is 0 Å². The molecule has 4 rings (SSSR count). The number of amides is 2. The molecule has 0 heterocycles. The van der Waals surface area contributed by atoms with Crippen LogP contribution in [0.4, 0.5) is 29.3 Å². The van der Waals surface area contributed by atoms with Gasteiger partial charge in [0, 0.05) is 17.8 Å². The third-order valence-electron chi connectivity index (χ3n) is 6.58. The molecule has 0 aliphatic heterocycles. The molecule has 9 heteroatoms. The lowest BCUT2D eigenvalue weighted by Crippen LogP contribution is -2.34. The molecule has 41 heavy (non-hydrogen) atoms. The molecule has 3 aromatic carbocycles. The highest BCUT2D eigenvalue weighted by Gasteiger charge is 2.31. The first-order valence-corrected chi connectivity index (χ1v) is 13.4. The predicted octanol–water partition coefficient (Wildman–Crippen LogP) is 8.66. The van der Waals surface area contributed by atoms with Gasteiger partial charge in [-0.15, -0.1) is 13.2 Å². The molecule has 0 aromatic heterocycles. The molecule has 1 aliphatic carbocycles. The summed E-state index contributed by atoms with van der Waals surface area (Å²) in [6, 6.07) is 19.9. The van der Waals surface area contributed by atoms with Crippen LogP contribution in [0.3, 0.4) is 0 Å². The number of nitrogens with one attached hydrogen (secondary N) is 1. The minimum absolute atomic E-state index is 0.0623. The van der Waals surface area contributed by atoms with Gasteiger partial charge < -0.3 is 15.2 Å². The number of carbonyl (C=O) groups excluding carboxylic acids is 1. The molecule has 2 N–H and O–H groups in total. The topological polar surface area (TPSA) is 78.9 Å². The number of aliphatic carboxylic acids is 1. The van der Waals surface area contributed by atoms with Gasteiger partial charge in [-0.3, -0.25) is 9.69 Å². The standard InChI is InChI=1S/C32H31F3N2O4/c33-32(34,35)41-29-20-16-27(17-21-29)36-31(40)37(28-18-14-26(15-19-28)25-7-2-1-3-8-25)22-24-12-10-23(11-13-24)6-4-5-9-30(38)39/h4,6-7,10-21H,1-3,5,8-9,22H2,(H,36,40)(H,38,39)/b6-4+.